The van der Waals surface area contributed by atoms with E-state index >= 15 is 0 Å². The first kappa shape index (κ1) is 13.2. The maximum atomic E-state index is 13.1. The van der Waals surface area contributed by atoms with Crippen LogP contribution in [0.4, 0.5) is 4.39 Å². The molecule has 0 bridgehead atoms. The minimum atomic E-state index is -0.450. The Morgan fingerprint density at radius 1 is 1.17 bits per heavy atom. The second kappa shape index (κ2) is 5.63. The molecule has 0 atom stereocenters. The van der Waals surface area contributed by atoms with Gasteiger partial charge in [-0.25, -0.2) is 14.4 Å². The Kier molecular flexibility index (Phi) is 4.15. The Morgan fingerprint density at radius 3 is 2.61 bits per heavy atom. The number of rotatable bonds is 3. The largest absolute Gasteiger partial charge is 0.233 e. The summed E-state index contributed by atoms with van der Waals surface area (Å²) in [4.78, 5) is 8.52. The number of hydrogen-bond donors (Lipinski definition) is 0. The highest BCUT2D eigenvalue weighted by atomic mass is 35.5. The van der Waals surface area contributed by atoms with Gasteiger partial charge in [0.15, 0.2) is 0 Å². The maximum absolute atomic E-state index is 13.1. The Balaban J connectivity index is 2.46. The van der Waals surface area contributed by atoms with Crippen molar-refractivity contribution in [3.05, 3.63) is 46.1 Å². The first-order chi connectivity index (χ1) is 8.60. The molecule has 94 valence electrons. The van der Waals surface area contributed by atoms with Crippen molar-refractivity contribution in [1.29, 1.82) is 0 Å². The summed E-state index contributed by atoms with van der Waals surface area (Å²) in [6, 6.07) is 6.11. The molecule has 0 spiro atoms. The molecule has 2 rings (SSSR count). The van der Waals surface area contributed by atoms with Crippen LogP contribution in [-0.4, -0.2) is 9.97 Å². The van der Waals surface area contributed by atoms with Crippen LogP contribution in [0.5, 0.6) is 0 Å². The van der Waals surface area contributed by atoms with Crippen LogP contribution in [0.15, 0.2) is 24.3 Å². The standard InChI is InChI=1S/C13H11Cl2FN2/c1-2-3-13-17-11(7-12(15)18-13)8-4-5-10(16)9(14)6-8/h4-7H,2-3H2,1H3. The lowest BCUT2D eigenvalue weighted by molar-refractivity contribution is 0.628. The van der Waals surface area contributed by atoms with Crippen molar-refractivity contribution in [2.75, 3.05) is 0 Å². The summed E-state index contributed by atoms with van der Waals surface area (Å²) in [6.07, 6.45) is 1.69. The number of aromatic nitrogens is 2. The van der Waals surface area contributed by atoms with Gasteiger partial charge in [-0.3, -0.25) is 0 Å². The number of benzene rings is 1. The fourth-order valence-electron chi connectivity index (χ4n) is 1.60. The van der Waals surface area contributed by atoms with Crippen LogP contribution < -0.4 is 0 Å². The molecule has 0 fully saturated rings. The van der Waals surface area contributed by atoms with Crippen LogP contribution in [0.3, 0.4) is 0 Å². The molecule has 2 aromatic rings. The van der Waals surface area contributed by atoms with Crippen molar-refractivity contribution >= 4 is 23.2 Å². The van der Waals surface area contributed by atoms with Gasteiger partial charge in [0.2, 0.25) is 0 Å². The lowest BCUT2D eigenvalue weighted by Gasteiger charge is -2.05. The third-order valence-electron chi connectivity index (χ3n) is 2.43. The summed E-state index contributed by atoms with van der Waals surface area (Å²) in [5.41, 5.74) is 1.38. The summed E-state index contributed by atoms with van der Waals surface area (Å²) in [7, 11) is 0. The quantitative estimate of drug-likeness (QED) is 0.773. The fourth-order valence-corrected chi connectivity index (χ4v) is 1.98. The molecule has 0 saturated carbocycles. The summed E-state index contributed by atoms with van der Waals surface area (Å²) in [6.45, 7) is 2.04. The SMILES string of the molecule is CCCc1nc(Cl)cc(-c2ccc(F)c(Cl)c2)n1. The molecule has 5 heteroatoms. The van der Waals surface area contributed by atoms with Crippen LogP contribution in [-0.2, 0) is 6.42 Å². The fraction of sp³-hybridized carbons (Fsp3) is 0.231. The Morgan fingerprint density at radius 2 is 1.94 bits per heavy atom. The molecular weight excluding hydrogens is 274 g/mol. The summed E-state index contributed by atoms with van der Waals surface area (Å²) in [5.74, 6) is 0.231. The topological polar surface area (TPSA) is 25.8 Å². The monoisotopic (exact) mass is 284 g/mol. The number of aryl methyl sites for hydroxylation is 1. The van der Waals surface area contributed by atoms with Gasteiger partial charge >= 0.3 is 0 Å². The van der Waals surface area contributed by atoms with Gasteiger partial charge in [0, 0.05) is 18.1 Å². The van der Waals surface area contributed by atoms with Gasteiger partial charge in [0.25, 0.3) is 0 Å². The molecule has 1 heterocycles. The third kappa shape index (κ3) is 2.98. The molecule has 0 amide bonds. The third-order valence-corrected chi connectivity index (χ3v) is 2.91. The van der Waals surface area contributed by atoms with E-state index in [4.69, 9.17) is 23.2 Å². The van der Waals surface area contributed by atoms with Gasteiger partial charge in [-0.05, 0) is 24.6 Å². The van der Waals surface area contributed by atoms with Gasteiger partial charge in [-0.1, -0.05) is 30.1 Å². The average Bonchev–Trinajstić information content (AvgIpc) is 2.32. The molecule has 0 aliphatic rings. The van der Waals surface area contributed by atoms with E-state index in [1.54, 1.807) is 12.1 Å². The lowest BCUT2D eigenvalue weighted by atomic mass is 10.1. The van der Waals surface area contributed by atoms with Crippen molar-refractivity contribution in [2.45, 2.75) is 19.8 Å². The molecule has 0 N–H and O–H groups in total. The van der Waals surface area contributed by atoms with E-state index in [-0.39, 0.29) is 5.02 Å². The van der Waals surface area contributed by atoms with E-state index in [2.05, 4.69) is 9.97 Å². The minimum absolute atomic E-state index is 0.0688. The van der Waals surface area contributed by atoms with Crippen LogP contribution in [0.1, 0.15) is 19.2 Å². The van der Waals surface area contributed by atoms with E-state index in [0.717, 1.165) is 18.4 Å². The average molecular weight is 285 g/mol. The molecule has 0 unspecified atom stereocenters. The minimum Gasteiger partial charge on any atom is -0.233 e. The van der Waals surface area contributed by atoms with Gasteiger partial charge in [0.05, 0.1) is 10.7 Å². The van der Waals surface area contributed by atoms with Crippen LogP contribution in [0.2, 0.25) is 10.2 Å². The van der Waals surface area contributed by atoms with E-state index in [1.807, 2.05) is 6.92 Å². The Labute approximate surface area is 115 Å². The van der Waals surface area contributed by atoms with Crippen molar-refractivity contribution in [2.24, 2.45) is 0 Å². The summed E-state index contributed by atoms with van der Waals surface area (Å²) >= 11 is 11.7. The van der Waals surface area contributed by atoms with Gasteiger partial charge in [0.1, 0.15) is 16.8 Å². The Bertz CT molecular complexity index is 573. The molecular formula is C13H11Cl2FN2. The van der Waals surface area contributed by atoms with Crippen LogP contribution in [0.25, 0.3) is 11.3 Å². The van der Waals surface area contributed by atoms with E-state index in [9.17, 15) is 4.39 Å². The van der Waals surface area contributed by atoms with E-state index in [0.29, 0.717) is 16.7 Å². The van der Waals surface area contributed by atoms with Crippen molar-refractivity contribution in [3.8, 4) is 11.3 Å². The highest BCUT2D eigenvalue weighted by molar-refractivity contribution is 6.31. The smallest absolute Gasteiger partial charge is 0.141 e. The van der Waals surface area contributed by atoms with Gasteiger partial charge in [-0.2, -0.15) is 0 Å². The second-order valence-corrected chi connectivity index (χ2v) is 4.67. The molecule has 18 heavy (non-hydrogen) atoms. The van der Waals surface area contributed by atoms with Crippen molar-refractivity contribution in [3.63, 3.8) is 0 Å². The molecule has 0 saturated heterocycles. The van der Waals surface area contributed by atoms with Crippen LogP contribution >= 0.6 is 23.2 Å². The summed E-state index contributed by atoms with van der Waals surface area (Å²) < 4.78 is 13.1. The number of hydrogen-bond acceptors (Lipinski definition) is 2. The highest BCUT2D eigenvalue weighted by Gasteiger charge is 2.07. The Hall–Kier alpha value is -1.19. The zero-order valence-corrected chi connectivity index (χ0v) is 11.3. The predicted octanol–water partition coefficient (Wildman–Crippen LogP) is 4.54. The van der Waals surface area contributed by atoms with E-state index in [1.165, 1.54) is 12.1 Å². The van der Waals surface area contributed by atoms with Crippen molar-refractivity contribution in [1.82, 2.24) is 9.97 Å². The van der Waals surface area contributed by atoms with Gasteiger partial charge < -0.3 is 0 Å². The van der Waals surface area contributed by atoms with Gasteiger partial charge in [-0.15, -0.1) is 0 Å². The molecule has 1 aromatic carbocycles. The zero-order chi connectivity index (χ0) is 13.1. The first-order valence-electron chi connectivity index (χ1n) is 5.59. The molecule has 0 aliphatic carbocycles. The first-order valence-corrected chi connectivity index (χ1v) is 6.34. The number of halogens is 3. The van der Waals surface area contributed by atoms with Crippen molar-refractivity contribution < 1.29 is 4.39 Å². The van der Waals surface area contributed by atoms with Crippen LogP contribution in [0, 0.1) is 5.82 Å². The second-order valence-electron chi connectivity index (χ2n) is 3.87. The van der Waals surface area contributed by atoms with E-state index < -0.39 is 5.82 Å². The number of nitrogens with zero attached hydrogens (tertiary/aromatic N) is 2. The molecule has 0 radical (unpaired) electrons. The predicted molar refractivity (Wildman–Crippen MR) is 71.4 cm³/mol. The zero-order valence-electron chi connectivity index (χ0n) is 9.75. The molecule has 1 aromatic heterocycles. The summed E-state index contributed by atoms with van der Waals surface area (Å²) in [5, 5.41) is 0.447. The maximum Gasteiger partial charge on any atom is 0.141 e. The lowest BCUT2D eigenvalue weighted by Crippen LogP contribution is -1.97. The molecule has 2 nitrogen and oxygen atoms in total. The normalized spacial score (nSPS) is 10.7. The molecule has 0 aliphatic heterocycles. The highest BCUT2D eigenvalue weighted by Crippen LogP contribution is 2.25.